The van der Waals surface area contributed by atoms with Gasteiger partial charge in [-0.15, -0.1) is 0 Å². The maximum atomic E-state index is 11.3. The number of rotatable bonds is 8. The van der Waals surface area contributed by atoms with Crippen molar-refractivity contribution in [3.05, 3.63) is 18.2 Å². The summed E-state index contributed by atoms with van der Waals surface area (Å²) < 4.78 is 15.9. The Morgan fingerprint density at radius 1 is 1.15 bits per heavy atom. The highest BCUT2D eigenvalue weighted by Gasteiger charge is 2.06. The zero-order chi connectivity index (χ0) is 15.0. The number of carbonyl (C=O) groups excluding carboxylic acids is 1. The van der Waals surface area contributed by atoms with Gasteiger partial charge in [-0.05, 0) is 6.42 Å². The molecule has 0 heterocycles. The van der Waals surface area contributed by atoms with Gasteiger partial charge in [0.05, 0.1) is 27.4 Å². The Kier molecular flexibility index (Phi) is 6.66. The van der Waals surface area contributed by atoms with Crippen LogP contribution in [0, 0.1) is 0 Å². The number of nitrogens with two attached hydrogens (primary N) is 1. The second kappa shape index (κ2) is 8.27. The van der Waals surface area contributed by atoms with Crippen molar-refractivity contribution in [3.63, 3.8) is 0 Å². The molecule has 0 saturated carbocycles. The molecule has 0 unspecified atom stereocenters. The molecule has 0 aliphatic rings. The first-order chi connectivity index (χ1) is 9.60. The predicted octanol–water partition coefficient (Wildman–Crippen LogP) is 0.890. The van der Waals surface area contributed by atoms with Gasteiger partial charge in [-0.3, -0.25) is 4.79 Å². The first-order valence-electron chi connectivity index (χ1n) is 6.40. The molecule has 0 aliphatic heterocycles. The van der Waals surface area contributed by atoms with E-state index in [0.29, 0.717) is 30.4 Å². The number of benzene rings is 1. The molecule has 1 amide bonds. The minimum Gasteiger partial charge on any atom is -0.496 e. The molecule has 20 heavy (non-hydrogen) atoms. The number of amides is 1. The van der Waals surface area contributed by atoms with E-state index in [9.17, 15) is 4.79 Å². The molecule has 6 heteroatoms. The second-order valence-corrected chi connectivity index (χ2v) is 4.27. The van der Waals surface area contributed by atoms with Crippen LogP contribution in [0.3, 0.4) is 0 Å². The van der Waals surface area contributed by atoms with E-state index in [1.54, 1.807) is 44.4 Å². The smallest absolute Gasteiger partial charge is 0.236 e. The fraction of sp³-hybridized carbons (Fsp3) is 0.500. The van der Waals surface area contributed by atoms with Crippen molar-refractivity contribution in [3.8, 4) is 17.2 Å². The van der Waals surface area contributed by atoms with E-state index < -0.39 is 0 Å². The van der Waals surface area contributed by atoms with Gasteiger partial charge in [0.1, 0.15) is 17.2 Å². The van der Waals surface area contributed by atoms with Crippen LogP contribution in [0.15, 0.2) is 18.2 Å². The van der Waals surface area contributed by atoms with Gasteiger partial charge in [0.2, 0.25) is 5.91 Å². The van der Waals surface area contributed by atoms with E-state index in [2.05, 4.69) is 0 Å². The predicted molar refractivity (Wildman–Crippen MR) is 76.3 cm³/mol. The zero-order valence-electron chi connectivity index (χ0n) is 12.2. The van der Waals surface area contributed by atoms with Crippen molar-refractivity contribution >= 4 is 5.91 Å². The van der Waals surface area contributed by atoms with E-state index >= 15 is 0 Å². The molecule has 0 bridgehead atoms. The summed E-state index contributed by atoms with van der Waals surface area (Å²) in [5.41, 5.74) is 5.28. The third-order valence-corrected chi connectivity index (χ3v) is 2.83. The summed E-state index contributed by atoms with van der Waals surface area (Å²) >= 11 is 0. The third-order valence-electron chi connectivity index (χ3n) is 2.83. The first kappa shape index (κ1) is 16.1. The lowest BCUT2D eigenvalue weighted by atomic mass is 10.3. The molecule has 0 fully saturated rings. The third kappa shape index (κ3) is 4.97. The summed E-state index contributed by atoms with van der Waals surface area (Å²) in [6, 6.07) is 5.36. The molecule has 1 aromatic rings. The van der Waals surface area contributed by atoms with Gasteiger partial charge >= 0.3 is 0 Å². The summed E-state index contributed by atoms with van der Waals surface area (Å²) in [5.74, 6) is 1.95. The molecular formula is C14H22N2O4. The van der Waals surface area contributed by atoms with Crippen molar-refractivity contribution in [1.82, 2.24) is 4.90 Å². The Balaban J connectivity index is 2.43. The number of hydrogen-bond acceptors (Lipinski definition) is 5. The highest BCUT2D eigenvalue weighted by atomic mass is 16.5. The maximum Gasteiger partial charge on any atom is 0.236 e. The topological polar surface area (TPSA) is 74.0 Å². The molecule has 112 valence electrons. The summed E-state index contributed by atoms with van der Waals surface area (Å²) in [5, 5.41) is 0. The number of carbonyl (C=O) groups is 1. The van der Waals surface area contributed by atoms with E-state index in [4.69, 9.17) is 19.9 Å². The van der Waals surface area contributed by atoms with E-state index in [0.717, 1.165) is 6.42 Å². The van der Waals surface area contributed by atoms with Crippen LogP contribution in [0.4, 0.5) is 0 Å². The van der Waals surface area contributed by atoms with Crippen LogP contribution < -0.4 is 19.9 Å². The van der Waals surface area contributed by atoms with Crippen LogP contribution in [0.1, 0.15) is 6.42 Å². The summed E-state index contributed by atoms with van der Waals surface area (Å²) in [7, 11) is 4.90. The van der Waals surface area contributed by atoms with Crippen LogP contribution in [0.5, 0.6) is 17.2 Å². The van der Waals surface area contributed by atoms with Crippen molar-refractivity contribution < 1.29 is 19.0 Å². The van der Waals surface area contributed by atoms with Gasteiger partial charge in [0, 0.05) is 31.8 Å². The Hall–Kier alpha value is -1.95. The van der Waals surface area contributed by atoms with Gasteiger partial charge in [0.15, 0.2) is 0 Å². The Bertz CT molecular complexity index is 415. The minimum atomic E-state index is -0.0759. The van der Waals surface area contributed by atoms with Crippen molar-refractivity contribution in [2.45, 2.75) is 6.42 Å². The number of nitrogens with zero attached hydrogens (tertiary/aromatic N) is 1. The number of hydrogen-bond donors (Lipinski definition) is 1. The van der Waals surface area contributed by atoms with Crippen LogP contribution in [0.2, 0.25) is 0 Å². The van der Waals surface area contributed by atoms with Crippen LogP contribution in [-0.2, 0) is 4.79 Å². The van der Waals surface area contributed by atoms with Crippen LogP contribution in [-0.4, -0.2) is 51.8 Å². The van der Waals surface area contributed by atoms with E-state index in [1.165, 1.54) is 0 Å². The number of methoxy groups -OCH3 is 2. The monoisotopic (exact) mass is 282 g/mol. The highest BCUT2D eigenvalue weighted by molar-refractivity contribution is 5.77. The molecule has 0 aliphatic carbocycles. The average molecular weight is 282 g/mol. The number of ether oxygens (including phenoxy) is 3. The lowest BCUT2D eigenvalue weighted by Crippen LogP contribution is -2.33. The Labute approximate surface area is 119 Å². The van der Waals surface area contributed by atoms with Crippen molar-refractivity contribution in [2.75, 3.05) is 41.0 Å². The largest absolute Gasteiger partial charge is 0.496 e. The molecule has 6 nitrogen and oxygen atoms in total. The molecule has 0 spiro atoms. The van der Waals surface area contributed by atoms with Crippen molar-refractivity contribution in [2.24, 2.45) is 5.73 Å². The molecule has 0 atom stereocenters. The molecular weight excluding hydrogens is 260 g/mol. The molecule has 1 rings (SSSR count). The highest BCUT2D eigenvalue weighted by Crippen LogP contribution is 2.27. The Morgan fingerprint density at radius 2 is 1.70 bits per heavy atom. The minimum absolute atomic E-state index is 0.0322. The normalized spacial score (nSPS) is 10.0. The lowest BCUT2D eigenvalue weighted by molar-refractivity contribution is -0.128. The second-order valence-electron chi connectivity index (χ2n) is 4.27. The van der Waals surface area contributed by atoms with Gasteiger partial charge in [-0.25, -0.2) is 0 Å². The van der Waals surface area contributed by atoms with E-state index in [1.807, 2.05) is 0 Å². The average Bonchev–Trinajstić information content (AvgIpc) is 2.49. The van der Waals surface area contributed by atoms with Gasteiger partial charge in [-0.1, -0.05) is 0 Å². The van der Waals surface area contributed by atoms with Crippen LogP contribution in [0.25, 0.3) is 0 Å². The first-order valence-corrected chi connectivity index (χ1v) is 6.40. The molecule has 1 aromatic carbocycles. The molecule has 0 radical (unpaired) electrons. The quantitative estimate of drug-likeness (QED) is 0.717. The fourth-order valence-corrected chi connectivity index (χ4v) is 1.64. The van der Waals surface area contributed by atoms with Crippen LogP contribution >= 0.6 is 0 Å². The fourth-order valence-electron chi connectivity index (χ4n) is 1.64. The standard InChI is InChI=1S/C14H22N2O4/c1-16(14(17)10-15)5-4-6-20-13-8-11(18-2)7-12(9-13)19-3/h7-9H,4-6,10,15H2,1-3H3. The lowest BCUT2D eigenvalue weighted by Gasteiger charge is -2.16. The van der Waals surface area contributed by atoms with Crippen molar-refractivity contribution in [1.29, 1.82) is 0 Å². The number of likely N-dealkylation sites (N-methyl/N-ethyl adjacent to an activating group) is 1. The Morgan fingerprint density at radius 3 is 2.20 bits per heavy atom. The van der Waals surface area contributed by atoms with Gasteiger partial charge < -0.3 is 24.8 Å². The van der Waals surface area contributed by atoms with Gasteiger partial charge in [0.25, 0.3) is 0 Å². The summed E-state index contributed by atoms with van der Waals surface area (Å²) in [4.78, 5) is 12.9. The maximum absolute atomic E-state index is 11.3. The molecule has 0 saturated heterocycles. The van der Waals surface area contributed by atoms with E-state index in [-0.39, 0.29) is 12.5 Å². The SMILES string of the molecule is COc1cc(OC)cc(OCCCN(C)C(=O)CN)c1. The van der Waals surface area contributed by atoms with Gasteiger partial charge in [-0.2, -0.15) is 0 Å². The summed E-state index contributed by atoms with van der Waals surface area (Å²) in [6.07, 6.45) is 0.724. The molecule has 0 aromatic heterocycles. The zero-order valence-corrected chi connectivity index (χ0v) is 12.2. The summed E-state index contributed by atoms with van der Waals surface area (Å²) in [6.45, 7) is 1.14. The molecule has 2 N–H and O–H groups in total.